The van der Waals surface area contributed by atoms with E-state index in [9.17, 15) is 9.18 Å². The van der Waals surface area contributed by atoms with Crippen molar-refractivity contribution in [3.05, 3.63) is 27.1 Å². The van der Waals surface area contributed by atoms with Crippen molar-refractivity contribution in [2.24, 2.45) is 0 Å². The Balaban J connectivity index is 2.79. The van der Waals surface area contributed by atoms with Crippen molar-refractivity contribution in [2.45, 2.75) is 39.3 Å². The monoisotopic (exact) mass is 380 g/mol. The molecule has 3 N–H and O–H groups in total. The number of amides is 1. The van der Waals surface area contributed by atoms with E-state index in [1.54, 1.807) is 33.8 Å². The summed E-state index contributed by atoms with van der Waals surface area (Å²) in [6.45, 7) is 7.10. The normalized spacial score (nSPS) is 12.9. The first kappa shape index (κ1) is 16.0. The molecule has 0 heterocycles. The molecule has 0 aliphatic carbocycles. The summed E-state index contributed by atoms with van der Waals surface area (Å²) in [6.07, 6.45) is -0.535. The van der Waals surface area contributed by atoms with Crippen molar-refractivity contribution in [1.82, 2.24) is 5.32 Å². The van der Waals surface area contributed by atoms with Gasteiger partial charge in [0.2, 0.25) is 0 Å². The van der Waals surface area contributed by atoms with Gasteiger partial charge in [-0.25, -0.2) is 9.18 Å². The Hall–Kier alpha value is -1.05. The second-order valence-corrected chi connectivity index (χ2v) is 6.43. The maximum atomic E-state index is 13.5. The van der Waals surface area contributed by atoms with Gasteiger partial charge < -0.3 is 15.8 Å². The van der Waals surface area contributed by atoms with Crippen LogP contribution >= 0.6 is 22.6 Å². The highest BCUT2D eigenvalue weighted by atomic mass is 127. The fourth-order valence-electron chi connectivity index (χ4n) is 1.42. The number of nitrogens with two attached hydrogens (primary N) is 1. The molecule has 0 fully saturated rings. The Labute approximate surface area is 126 Å². The van der Waals surface area contributed by atoms with Gasteiger partial charge >= 0.3 is 6.09 Å². The number of halogens is 2. The summed E-state index contributed by atoms with van der Waals surface area (Å²) in [5, 5.41) is 2.65. The number of hydrogen-bond acceptors (Lipinski definition) is 3. The minimum Gasteiger partial charge on any atom is -0.444 e. The minimum absolute atomic E-state index is 0.119. The Morgan fingerprint density at radius 2 is 2.05 bits per heavy atom. The number of ether oxygens (including phenoxy) is 1. The average molecular weight is 380 g/mol. The first-order valence-corrected chi connectivity index (χ1v) is 6.92. The molecule has 1 aromatic rings. The van der Waals surface area contributed by atoms with E-state index in [0.29, 0.717) is 9.13 Å². The van der Waals surface area contributed by atoms with Crippen LogP contribution in [0.25, 0.3) is 0 Å². The summed E-state index contributed by atoms with van der Waals surface area (Å²) in [5.41, 5.74) is 5.74. The standard InChI is InChI=1S/C13H18FIN2O2/c1-7(17-12(18)19-13(2,3)4)8-5-9(14)11(16)10(15)6-8/h5-7H,16H2,1-4H3,(H,17,18). The number of rotatable bonds is 2. The van der Waals surface area contributed by atoms with E-state index < -0.39 is 17.5 Å². The topological polar surface area (TPSA) is 64.3 Å². The van der Waals surface area contributed by atoms with Crippen molar-refractivity contribution in [2.75, 3.05) is 5.73 Å². The third kappa shape index (κ3) is 4.85. The molecule has 0 aliphatic heterocycles. The zero-order valence-corrected chi connectivity index (χ0v) is 13.5. The Bertz CT molecular complexity index is 463. The third-order valence-corrected chi connectivity index (χ3v) is 3.23. The molecule has 0 aliphatic rings. The zero-order chi connectivity index (χ0) is 14.8. The van der Waals surface area contributed by atoms with Crippen LogP contribution in [0.15, 0.2) is 12.1 Å². The first-order valence-electron chi connectivity index (χ1n) is 5.84. The second kappa shape index (κ2) is 5.94. The highest BCUT2D eigenvalue weighted by Crippen LogP contribution is 2.24. The molecule has 0 aromatic heterocycles. The van der Waals surface area contributed by atoms with Crippen molar-refractivity contribution in [3.8, 4) is 0 Å². The van der Waals surface area contributed by atoms with Gasteiger partial charge in [0.05, 0.1) is 11.7 Å². The van der Waals surface area contributed by atoms with Gasteiger partial charge in [-0.1, -0.05) is 0 Å². The molecule has 0 saturated heterocycles. The summed E-state index contributed by atoms with van der Waals surface area (Å²) in [5.74, 6) is -0.486. The molecule has 0 radical (unpaired) electrons. The zero-order valence-electron chi connectivity index (χ0n) is 11.4. The van der Waals surface area contributed by atoms with Crippen LogP contribution < -0.4 is 11.1 Å². The van der Waals surface area contributed by atoms with Gasteiger partial charge in [0.15, 0.2) is 0 Å². The van der Waals surface area contributed by atoms with E-state index in [-0.39, 0.29) is 11.7 Å². The molecule has 1 unspecified atom stereocenters. The maximum Gasteiger partial charge on any atom is 0.408 e. The molecular formula is C13H18FIN2O2. The van der Waals surface area contributed by atoms with Crippen LogP contribution in [-0.2, 0) is 4.74 Å². The number of nitrogen functional groups attached to an aromatic ring is 1. The fourth-order valence-corrected chi connectivity index (χ4v) is 2.04. The first-order chi connectivity index (χ1) is 8.60. The summed E-state index contributed by atoms with van der Waals surface area (Å²) in [6, 6.07) is 2.69. The summed E-state index contributed by atoms with van der Waals surface area (Å²) < 4.78 is 19.3. The number of benzene rings is 1. The van der Waals surface area contributed by atoms with Gasteiger partial charge in [-0.2, -0.15) is 0 Å². The molecular weight excluding hydrogens is 362 g/mol. The van der Waals surface area contributed by atoms with Crippen LogP contribution in [0.5, 0.6) is 0 Å². The van der Waals surface area contributed by atoms with E-state index in [1.165, 1.54) is 6.07 Å². The Morgan fingerprint density at radius 1 is 1.47 bits per heavy atom. The predicted octanol–water partition coefficient (Wildman–Crippen LogP) is 3.60. The number of alkyl carbamates (subject to hydrolysis) is 1. The van der Waals surface area contributed by atoms with Gasteiger partial charge in [0.1, 0.15) is 11.4 Å². The van der Waals surface area contributed by atoms with E-state index in [4.69, 9.17) is 10.5 Å². The number of hydrogen-bond donors (Lipinski definition) is 2. The molecule has 1 rings (SSSR count). The molecule has 1 aromatic carbocycles. The smallest absolute Gasteiger partial charge is 0.408 e. The molecule has 106 valence electrons. The highest BCUT2D eigenvalue weighted by molar-refractivity contribution is 14.1. The van der Waals surface area contributed by atoms with Crippen LogP contribution in [0, 0.1) is 9.39 Å². The lowest BCUT2D eigenvalue weighted by molar-refractivity contribution is 0.0508. The maximum absolute atomic E-state index is 13.5. The fraction of sp³-hybridized carbons (Fsp3) is 0.462. The van der Waals surface area contributed by atoms with Crippen LogP contribution in [0.4, 0.5) is 14.9 Å². The van der Waals surface area contributed by atoms with Crippen molar-refractivity contribution < 1.29 is 13.9 Å². The minimum atomic E-state index is -0.565. The van der Waals surface area contributed by atoms with Crippen LogP contribution in [0.1, 0.15) is 39.3 Å². The van der Waals surface area contributed by atoms with Gasteiger partial charge in [-0.15, -0.1) is 0 Å². The summed E-state index contributed by atoms with van der Waals surface area (Å²) in [7, 11) is 0. The molecule has 0 saturated carbocycles. The van der Waals surface area contributed by atoms with Gasteiger partial charge in [0, 0.05) is 3.57 Å². The molecule has 19 heavy (non-hydrogen) atoms. The van der Waals surface area contributed by atoms with Crippen molar-refractivity contribution in [3.63, 3.8) is 0 Å². The largest absolute Gasteiger partial charge is 0.444 e. The number of carbonyl (C=O) groups excluding carboxylic acids is 1. The third-order valence-electron chi connectivity index (χ3n) is 2.33. The van der Waals surface area contributed by atoms with Crippen molar-refractivity contribution in [1.29, 1.82) is 0 Å². The lowest BCUT2D eigenvalue weighted by Crippen LogP contribution is -2.34. The van der Waals surface area contributed by atoms with Gasteiger partial charge in [-0.05, 0) is 68.0 Å². The second-order valence-electron chi connectivity index (χ2n) is 5.27. The summed E-state index contributed by atoms with van der Waals surface area (Å²) in [4.78, 5) is 11.6. The lowest BCUT2D eigenvalue weighted by Gasteiger charge is -2.22. The molecule has 4 nitrogen and oxygen atoms in total. The summed E-state index contributed by atoms with van der Waals surface area (Å²) >= 11 is 1.96. The molecule has 6 heteroatoms. The van der Waals surface area contributed by atoms with E-state index in [2.05, 4.69) is 5.32 Å². The Morgan fingerprint density at radius 3 is 2.53 bits per heavy atom. The van der Waals surface area contributed by atoms with E-state index in [0.717, 1.165) is 0 Å². The Kier molecular flexibility index (Phi) is 5.00. The van der Waals surface area contributed by atoms with E-state index >= 15 is 0 Å². The van der Waals surface area contributed by atoms with Gasteiger partial charge in [0.25, 0.3) is 0 Å². The number of carbonyl (C=O) groups is 1. The van der Waals surface area contributed by atoms with Crippen LogP contribution in [0.3, 0.4) is 0 Å². The average Bonchev–Trinajstić information content (AvgIpc) is 2.22. The highest BCUT2D eigenvalue weighted by Gasteiger charge is 2.19. The lowest BCUT2D eigenvalue weighted by atomic mass is 10.1. The van der Waals surface area contributed by atoms with Gasteiger partial charge in [-0.3, -0.25) is 0 Å². The van der Waals surface area contributed by atoms with Crippen LogP contribution in [0.2, 0.25) is 0 Å². The van der Waals surface area contributed by atoms with Crippen LogP contribution in [-0.4, -0.2) is 11.7 Å². The number of anilines is 1. The SMILES string of the molecule is CC(NC(=O)OC(C)(C)C)c1cc(F)c(N)c(I)c1. The number of nitrogens with one attached hydrogen (secondary N) is 1. The molecule has 0 spiro atoms. The molecule has 0 bridgehead atoms. The quantitative estimate of drug-likeness (QED) is 0.609. The van der Waals surface area contributed by atoms with E-state index in [1.807, 2.05) is 22.6 Å². The predicted molar refractivity (Wildman–Crippen MR) is 81.3 cm³/mol. The van der Waals surface area contributed by atoms with Crippen molar-refractivity contribution >= 4 is 34.4 Å². The molecule has 1 atom stereocenters. The molecule has 1 amide bonds.